The summed E-state index contributed by atoms with van der Waals surface area (Å²) in [7, 11) is 0. The zero-order valence-corrected chi connectivity index (χ0v) is 16.5. The molecule has 30 heavy (non-hydrogen) atoms. The van der Waals surface area contributed by atoms with E-state index in [2.05, 4.69) is 20.4 Å². The van der Waals surface area contributed by atoms with Crippen molar-refractivity contribution in [3.8, 4) is 0 Å². The molecule has 0 aliphatic carbocycles. The van der Waals surface area contributed by atoms with E-state index in [0.717, 1.165) is 4.88 Å². The molecule has 8 nitrogen and oxygen atoms in total. The Morgan fingerprint density at radius 3 is 2.73 bits per heavy atom. The van der Waals surface area contributed by atoms with Gasteiger partial charge in [0.1, 0.15) is 22.7 Å². The van der Waals surface area contributed by atoms with E-state index in [1.807, 2.05) is 41.8 Å². The molecule has 3 N–H and O–H groups in total. The third-order valence-corrected chi connectivity index (χ3v) is 5.42. The molecule has 9 heteroatoms. The standard InChI is InChI=1S/C21H16N6O2S/c22-19-17(21(28)23-12-14-6-4-10-30-14)18-20(26-16-8-2-1-7-15(16)25-18)27(19)24-11-13-5-3-9-29-13/h1-11H,12,22H2,(H,23,28). The van der Waals surface area contributed by atoms with Gasteiger partial charge in [-0.25, -0.2) is 9.97 Å². The third-order valence-electron chi connectivity index (χ3n) is 4.55. The number of carbonyl (C=O) groups is 1. The Morgan fingerprint density at radius 1 is 1.17 bits per heavy atom. The number of nitrogens with two attached hydrogens (primary N) is 1. The minimum absolute atomic E-state index is 0.159. The number of aromatic nitrogens is 3. The summed E-state index contributed by atoms with van der Waals surface area (Å²) < 4.78 is 6.71. The lowest BCUT2D eigenvalue weighted by Crippen LogP contribution is -2.23. The Balaban J connectivity index is 1.63. The van der Waals surface area contributed by atoms with Gasteiger partial charge in [-0.3, -0.25) is 4.79 Å². The van der Waals surface area contributed by atoms with E-state index in [4.69, 9.17) is 10.2 Å². The fourth-order valence-electron chi connectivity index (χ4n) is 3.14. The van der Waals surface area contributed by atoms with E-state index in [-0.39, 0.29) is 17.3 Å². The smallest absolute Gasteiger partial charge is 0.257 e. The topological polar surface area (TPSA) is 111 Å². The first-order valence-corrected chi connectivity index (χ1v) is 10.0. The highest BCUT2D eigenvalue weighted by molar-refractivity contribution is 7.09. The van der Waals surface area contributed by atoms with Crippen LogP contribution in [0.15, 0.2) is 69.7 Å². The van der Waals surface area contributed by atoms with Crippen LogP contribution in [-0.2, 0) is 6.54 Å². The van der Waals surface area contributed by atoms with E-state index < -0.39 is 0 Å². The molecule has 0 aliphatic heterocycles. The maximum absolute atomic E-state index is 13.0. The number of furan rings is 1. The average molecular weight is 416 g/mol. The lowest BCUT2D eigenvalue weighted by Gasteiger charge is -2.04. The van der Waals surface area contributed by atoms with Crippen LogP contribution in [0.1, 0.15) is 21.0 Å². The summed E-state index contributed by atoms with van der Waals surface area (Å²) in [6, 6.07) is 14.9. The molecular formula is C21H16N6O2S. The van der Waals surface area contributed by atoms with E-state index in [1.165, 1.54) is 10.9 Å². The predicted molar refractivity (Wildman–Crippen MR) is 117 cm³/mol. The lowest BCUT2D eigenvalue weighted by atomic mass is 10.2. The monoisotopic (exact) mass is 416 g/mol. The van der Waals surface area contributed by atoms with Crippen molar-refractivity contribution < 1.29 is 9.21 Å². The summed E-state index contributed by atoms with van der Waals surface area (Å²) in [5.41, 5.74) is 8.74. The van der Waals surface area contributed by atoms with E-state index in [1.54, 1.807) is 29.7 Å². The highest BCUT2D eigenvalue weighted by Gasteiger charge is 2.24. The highest BCUT2D eigenvalue weighted by Crippen LogP contribution is 2.28. The van der Waals surface area contributed by atoms with Gasteiger partial charge in [0.2, 0.25) is 0 Å². The van der Waals surface area contributed by atoms with Crippen molar-refractivity contribution >= 4 is 51.5 Å². The second kappa shape index (κ2) is 7.45. The van der Waals surface area contributed by atoms with Crippen LogP contribution in [0.5, 0.6) is 0 Å². The summed E-state index contributed by atoms with van der Waals surface area (Å²) in [6.45, 7) is 0.402. The SMILES string of the molecule is Nc1c(C(=O)NCc2cccs2)c2nc3ccccc3nc2n1N=Cc1ccco1. The second-order valence-corrected chi connectivity index (χ2v) is 7.51. The molecule has 0 unspecified atom stereocenters. The second-order valence-electron chi connectivity index (χ2n) is 6.48. The molecule has 148 valence electrons. The van der Waals surface area contributed by atoms with Crippen LogP contribution in [0.3, 0.4) is 0 Å². The van der Waals surface area contributed by atoms with Gasteiger partial charge in [0, 0.05) is 4.88 Å². The number of anilines is 1. The van der Waals surface area contributed by atoms with Crippen molar-refractivity contribution in [2.24, 2.45) is 5.10 Å². The number of hydrogen-bond acceptors (Lipinski definition) is 7. The number of hydrogen-bond donors (Lipinski definition) is 2. The van der Waals surface area contributed by atoms with Crippen molar-refractivity contribution in [2.75, 3.05) is 5.73 Å². The third kappa shape index (κ3) is 3.20. The van der Waals surface area contributed by atoms with Crippen LogP contribution in [0.2, 0.25) is 0 Å². The summed E-state index contributed by atoms with van der Waals surface area (Å²) in [4.78, 5) is 23.4. The van der Waals surface area contributed by atoms with Crippen LogP contribution in [0.25, 0.3) is 22.2 Å². The number of nitrogens with one attached hydrogen (secondary N) is 1. The summed E-state index contributed by atoms with van der Waals surface area (Å²) in [5, 5.41) is 9.26. The van der Waals surface area contributed by atoms with Crippen molar-refractivity contribution in [2.45, 2.75) is 6.54 Å². The van der Waals surface area contributed by atoms with Crippen LogP contribution < -0.4 is 11.1 Å². The molecular weight excluding hydrogens is 400 g/mol. The van der Waals surface area contributed by atoms with Crippen molar-refractivity contribution in [1.29, 1.82) is 0 Å². The van der Waals surface area contributed by atoms with Gasteiger partial charge >= 0.3 is 0 Å². The first-order valence-electron chi connectivity index (χ1n) is 9.16. The average Bonchev–Trinajstić information content (AvgIpc) is 3.50. The van der Waals surface area contributed by atoms with Gasteiger partial charge in [-0.05, 0) is 35.7 Å². The Morgan fingerprint density at radius 2 is 2.00 bits per heavy atom. The molecule has 0 aliphatic rings. The molecule has 1 amide bonds. The van der Waals surface area contributed by atoms with E-state index in [9.17, 15) is 4.79 Å². The quantitative estimate of drug-likeness (QED) is 0.425. The Bertz CT molecular complexity index is 1370. The zero-order chi connectivity index (χ0) is 20.5. The number of thiophene rings is 1. The van der Waals surface area contributed by atoms with Gasteiger partial charge in [0.25, 0.3) is 5.91 Å². The molecule has 4 aromatic heterocycles. The van der Waals surface area contributed by atoms with Gasteiger partial charge in [-0.2, -0.15) is 9.78 Å². The summed E-state index contributed by atoms with van der Waals surface area (Å²) >= 11 is 1.57. The van der Waals surface area contributed by atoms with Crippen LogP contribution in [0, 0.1) is 0 Å². The number of carbonyl (C=O) groups excluding carboxylic acids is 1. The van der Waals surface area contributed by atoms with E-state index in [0.29, 0.717) is 34.5 Å². The molecule has 4 heterocycles. The molecule has 0 spiro atoms. The first kappa shape index (κ1) is 18.1. The number of benzene rings is 1. The number of nitrogen functional groups attached to an aromatic ring is 1. The Kier molecular flexibility index (Phi) is 4.49. The first-order chi connectivity index (χ1) is 14.7. The fourth-order valence-corrected chi connectivity index (χ4v) is 3.78. The largest absolute Gasteiger partial charge is 0.463 e. The van der Waals surface area contributed by atoms with Crippen molar-refractivity contribution in [3.63, 3.8) is 0 Å². The van der Waals surface area contributed by atoms with Gasteiger partial charge in [-0.15, -0.1) is 11.3 Å². The van der Waals surface area contributed by atoms with Gasteiger partial charge < -0.3 is 15.5 Å². The molecule has 5 rings (SSSR count). The van der Waals surface area contributed by atoms with Gasteiger partial charge in [-0.1, -0.05) is 18.2 Å². The molecule has 0 radical (unpaired) electrons. The fraction of sp³-hybridized carbons (Fsp3) is 0.0476. The van der Waals surface area contributed by atoms with Crippen LogP contribution >= 0.6 is 11.3 Å². The summed E-state index contributed by atoms with van der Waals surface area (Å²) in [5.74, 6) is 0.378. The Hall–Kier alpha value is -3.98. The molecule has 0 bridgehead atoms. The van der Waals surface area contributed by atoms with Gasteiger partial charge in [0.15, 0.2) is 5.65 Å². The van der Waals surface area contributed by atoms with Gasteiger partial charge in [0.05, 0.1) is 30.1 Å². The minimum Gasteiger partial charge on any atom is -0.463 e. The number of para-hydroxylation sites is 2. The van der Waals surface area contributed by atoms with Crippen LogP contribution in [-0.4, -0.2) is 26.8 Å². The van der Waals surface area contributed by atoms with E-state index >= 15 is 0 Å². The highest BCUT2D eigenvalue weighted by atomic mass is 32.1. The predicted octanol–water partition coefficient (Wildman–Crippen LogP) is 3.63. The lowest BCUT2D eigenvalue weighted by molar-refractivity contribution is 0.0953. The molecule has 5 aromatic rings. The number of amides is 1. The molecule has 0 atom stereocenters. The summed E-state index contributed by atoms with van der Waals surface area (Å²) in [6.07, 6.45) is 3.06. The number of nitrogens with zero attached hydrogens (tertiary/aromatic N) is 4. The van der Waals surface area contributed by atoms with Crippen molar-refractivity contribution in [1.82, 2.24) is 20.0 Å². The van der Waals surface area contributed by atoms with Crippen molar-refractivity contribution in [3.05, 3.63) is 76.4 Å². The van der Waals surface area contributed by atoms with Crippen LogP contribution in [0.4, 0.5) is 5.82 Å². The maximum Gasteiger partial charge on any atom is 0.257 e. The maximum atomic E-state index is 13.0. The molecule has 0 saturated carbocycles. The molecule has 0 saturated heterocycles. The number of fused-ring (bicyclic) bond motifs is 2. The zero-order valence-electron chi connectivity index (χ0n) is 15.6. The normalized spacial score (nSPS) is 11.6. The molecule has 1 aromatic carbocycles. The number of rotatable bonds is 5. The molecule has 0 fully saturated rings. The minimum atomic E-state index is -0.331. The Labute approximate surface area is 174 Å².